The van der Waals surface area contributed by atoms with Crippen molar-refractivity contribution >= 4 is 51.0 Å². The zero-order valence-corrected chi connectivity index (χ0v) is 21.7. The largest absolute Gasteiger partial charge is 0.345 e. The molecule has 0 amide bonds. The fourth-order valence-corrected chi connectivity index (χ4v) is 11.5. The maximum atomic E-state index is 2.55. The summed E-state index contributed by atoms with van der Waals surface area (Å²) in [5.41, 5.74) is 4.10. The van der Waals surface area contributed by atoms with Crippen LogP contribution in [0, 0.1) is 0 Å². The van der Waals surface area contributed by atoms with Gasteiger partial charge in [-0.05, 0) is 61.6 Å². The van der Waals surface area contributed by atoms with Gasteiger partial charge in [0.2, 0.25) is 0 Å². The van der Waals surface area contributed by atoms with Gasteiger partial charge in [-0.3, -0.25) is 0 Å². The molecule has 1 atom stereocenters. The Balaban J connectivity index is 1.85. The molecule has 5 aromatic rings. The SMILES string of the molecule is CCC(C)c1ccc2c(c1)[Si](c1ccccc1)(c1ccccc1)c1c(ccc3ccccc13)N2C. The van der Waals surface area contributed by atoms with Crippen LogP contribution in [0.25, 0.3) is 10.8 Å². The highest BCUT2D eigenvalue weighted by molar-refractivity contribution is 7.22. The van der Waals surface area contributed by atoms with Crippen molar-refractivity contribution in [2.24, 2.45) is 0 Å². The van der Waals surface area contributed by atoms with Crippen LogP contribution in [0.2, 0.25) is 0 Å². The predicted molar refractivity (Wildman–Crippen MR) is 154 cm³/mol. The highest BCUT2D eigenvalue weighted by atomic mass is 28.3. The van der Waals surface area contributed by atoms with E-state index in [2.05, 4.69) is 141 Å². The fourth-order valence-electron chi connectivity index (χ4n) is 6.03. The Morgan fingerprint density at radius 2 is 1.29 bits per heavy atom. The molecule has 1 unspecified atom stereocenters. The molecular weight excluding hydrogens is 438 g/mol. The zero-order valence-electron chi connectivity index (χ0n) is 20.7. The van der Waals surface area contributed by atoms with Crippen LogP contribution < -0.4 is 25.6 Å². The Labute approximate surface area is 209 Å². The Morgan fingerprint density at radius 1 is 0.686 bits per heavy atom. The summed E-state index contributed by atoms with van der Waals surface area (Å²) in [6, 6.07) is 43.5. The van der Waals surface area contributed by atoms with E-state index in [0.29, 0.717) is 5.92 Å². The number of anilines is 2. The summed E-state index contributed by atoms with van der Waals surface area (Å²) < 4.78 is 0. The third-order valence-electron chi connectivity index (χ3n) is 8.02. The highest BCUT2D eigenvalue weighted by Gasteiger charge is 2.49. The maximum Gasteiger partial charge on any atom is 0.184 e. The molecule has 5 aromatic carbocycles. The highest BCUT2D eigenvalue weighted by Crippen LogP contribution is 2.35. The monoisotopic (exact) mass is 469 g/mol. The minimum atomic E-state index is -2.61. The summed E-state index contributed by atoms with van der Waals surface area (Å²) in [4.78, 5) is 2.43. The lowest BCUT2D eigenvalue weighted by Gasteiger charge is -2.45. The molecular formula is C33H31NSi. The van der Waals surface area contributed by atoms with Crippen LogP contribution in [-0.4, -0.2) is 15.1 Å². The minimum absolute atomic E-state index is 0.526. The third-order valence-corrected chi connectivity index (χ3v) is 12.9. The lowest BCUT2D eigenvalue weighted by molar-refractivity contribution is 0.734. The number of benzene rings is 5. The van der Waals surface area contributed by atoms with Crippen LogP contribution in [0.15, 0.2) is 115 Å². The average Bonchev–Trinajstić information content (AvgIpc) is 2.93. The lowest BCUT2D eigenvalue weighted by Crippen LogP contribution is -2.77. The molecule has 0 saturated carbocycles. The second kappa shape index (κ2) is 8.55. The van der Waals surface area contributed by atoms with E-state index >= 15 is 0 Å². The average molecular weight is 470 g/mol. The first-order chi connectivity index (χ1) is 17.2. The first-order valence-corrected chi connectivity index (χ1v) is 14.7. The maximum absolute atomic E-state index is 2.61. The van der Waals surface area contributed by atoms with Crippen LogP contribution in [-0.2, 0) is 0 Å². The summed E-state index contributed by atoms with van der Waals surface area (Å²) in [5, 5.41) is 8.57. The Bertz CT molecular complexity index is 1470. The standard InChI is InChI=1S/C33H31NSi/c1-4-24(2)26-20-21-30-32(23-26)35(27-14-7-5-8-15-27,28-16-9-6-10-17-28)33-29-18-12-11-13-25(29)19-22-31(33)34(30)3/h5-24H,4H2,1-3H3. The van der Waals surface area contributed by atoms with Crippen LogP contribution >= 0.6 is 0 Å². The molecule has 0 bridgehead atoms. The Hall–Kier alpha value is -3.62. The summed E-state index contributed by atoms with van der Waals surface area (Å²) in [6.07, 6.45) is 1.14. The molecule has 1 aliphatic rings. The van der Waals surface area contributed by atoms with Gasteiger partial charge >= 0.3 is 0 Å². The van der Waals surface area contributed by atoms with Crippen LogP contribution in [0.4, 0.5) is 11.4 Å². The van der Waals surface area contributed by atoms with Gasteiger partial charge in [-0.25, -0.2) is 0 Å². The Morgan fingerprint density at radius 3 is 1.94 bits per heavy atom. The van der Waals surface area contributed by atoms with E-state index < -0.39 is 8.07 Å². The van der Waals surface area contributed by atoms with Crippen LogP contribution in [0.5, 0.6) is 0 Å². The van der Waals surface area contributed by atoms with Crippen LogP contribution in [0.3, 0.4) is 0 Å². The second-order valence-corrected chi connectivity index (χ2v) is 13.5. The molecule has 1 aliphatic heterocycles. The summed E-state index contributed by atoms with van der Waals surface area (Å²) in [6.45, 7) is 4.64. The molecule has 6 rings (SSSR count). The predicted octanol–water partition coefficient (Wildman–Crippen LogP) is 5.81. The molecule has 1 heterocycles. The van der Waals surface area contributed by atoms with E-state index in [9.17, 15) is 0 Å². The number of rotatable bonds is 4. The Kier molecular flexibility index (Phi) is 5.34. The van der Waals surface area contributed by atoms with Crippen molar-refractivity contribution in [2.45, 2.75) is 26.2 Å². The minimum Gasteiger partial charge on any atom is -0.345 e. The number of hydrogen-bond donors (Lipinski definition) is 0. The fraction of sp³-hybridized carbons (Fsp3) is 0.152. The first kappa shape index (κ1) is 21.9. The summed E-state index contributed by atoms with van der Waals surface area (Å²) in [7, 11) is -0.374. The molecule has 1 nitrogen and oxygen atoms in total. The van der Waals surface area contributed by atoms with Crippen molar-refractivity contribution in [3.63, 3.8) is 0 Å². The van der Waals surface area contributed by atoms with Gasteiger partial charge < -0.3 is 4.90 Å². The molecule has 35 heavy (non-hydrogen) atoms. The van der Waals surface area contributed by atoms with Crippen molar-refractivity contribution < 1.29 is 0 Å². The van der Waals surface area contributed by atoms with Crippen molar-refractivity contribution in [1.82, 2.24) is 0 Å². The number of hydrogen-bond acceptors (Lipinski definition) is 1. The summed E-state index contributed by atoms with van der Waals surface area (Å²) in [5.74, 6) is 0.526. The van der Waals surface area contributed by atoms with E-state index in [0.717, 1.165) is 6.42 Å². The lowest BCUT2D eigenvalue weighted by atomic mass is 9.98. The van der Waals surface area contributed by atoms with Crippen molar-refractivity contribution in [2.75, 3.05) is 11.9 Å². The van der Waals surface area contributed by atoms with Gasteiger partial charge in [0.15, 0.2) is 8.07 Å². The molecule has 172 valence electrons. The van der Waals surface area contributed by atoms with E-state index in [1.54, 1.807) is 0 Å². The van der Waals surface area contributed by atoms with Crippen molar-refractivity contribution in [3.8, 4) is 0 Å². The molecule has 0 N–H and O–H groups in total. The van der Waals surface area contributed by atoms with E-state index in [1.807, 2.05) is 0 Å². The molecule has 0 aromatic heterocycles. The van der Waals surface area contributed by atoms with E-state index in [-0.39, 0.29) is 0 Å². The van der Waals surface area contributed by atoms with Crippen LogP contribution in [0.1, 0.15) is 31.7 Å². The van der Waals surface area contributed by atoms with Gasteiger partial charge in [0.05, 0.1) is 0 Å². The molecule has 0 radical (unpaired) electrons. The normalized spacial score (nSPS) is 14.9. The van der Waals surface area contributed by atoms with Gasteiger partial charge in [0.25, 0.3) is 0 Å². The van der Waals surface area contributed by atoms with E-state index in [4.69, 9.17) is 0 Å². The topological polar surface area (TPSA) is 3.24 Å². The molecule has 0 aliphatic carbocycles. The number of nitrogens with zero attached hydrogens (tertiary/aromatic N) is 1. The molecule has 0 spiro atoms. The quantitative estimate of drug-likeness (QED) is 0.300. The zero-order chi connectivity index (χ0) is 24.0. The van der Waals surface area contributed by atoms with Crippen molar-refractivity contribution in [1.29, 1.82) is 0 Å². The summed E-state index contributed by atoms with van der Waals surface area (Å²) >= 11 is 0. The second-order valence-electron chi connectivity index (χ2n) is 9.81. The van der Waals surface area contributed by atoms with E-state index in [1.165, 1.54) is 48.5 Å². The first-order valence-electron chi connectivity index (χ1n) is 12.7. The number of fused-ring (bicyclic) bond motifs is 4. The third kappa shape index (κ3) is 3.20. The van der Waals surface area contributed by atoms with Gasteiger partial charge in [-0.15, -0.1) is 0 Å². The molecule has 2 heteroatoms. The molecule has 0 saturated heterocycles. The van der Waals surface area contributed by atoms with Gasteiger partial charge in [0, 0.05) is 18.4 Å². The van der Waals surface area contributed by atoms with Gasteiger partial charge in [0.1, 0.15) is 0 Å². The van der Waals surface area contributed by atoms with Gasteiger partial charge in [-0.1, -0.05) is 117 Å². The smallest absolute Gasteiger partial charge is 0.184 e. The van der Waals surface area contributed by atoms with Crippen molar-refractivity contribution in [3.05, 3.63) is 121 Å². The molecule has 0 fully saturated rings. The van der Waals surface area contributed by atoms with Gasteiger partial charge in [-0.2, -0.15) is 0 Å².